The van der Waals surface area contributed by atoms with Crippen molar-refractivity contribution in [1.29, 1.82) is 0 Å². The number of rotatable bonds is 49. The van der Waals surface area contributed by atoms with Crippen LogP contribution in [0.2, 0.25) is 0 Å². The maximum absolute atomic E-state index is 12.5. The highest BCUT2D eigenvalue weighted by molar-refractivity contribution is 5.76. The number of amides is 1. The molecular weight excluding hydrogens is 795 g/mol. The quantitative estimate of drug-likeness (QED) is 0.0421. The van der Waals surface area contributed by atoms with E-state index in [0.29, 0.717) is 6.42 Å². The van der Waals surface area contributed by atoms with Crippen molar-refractivity contribution < 1.29 is 15.0 Å². The van der Waals surface area contributed by atoms with Gasteiger partial charge in [0.2, 0.25) is 5.91 Å². The number of carbonyl (C=O) groups is 1. The third-order valence-electron chi connectivity index (χ3n) is 12.0. The van der Waals surface area contributed by atoms with Gasteiger partial charge in [-0.05, 0) is 89.9 Å². The Morgan fingerprint density at radius 2 is 0.692 bits per heavy atom. The van der Waals surface area contributed by atoms with Gasteiger partial charge in [-0.25, -0.2) is 0 Å². The van der Waals surface area contributed by atoms with Gasteiger partial charge in [-0.3, -0.25) is 4.79 Å². The predicted octanol–water partition coefficient (Wildman–Crippen LogP) is 18.3. The number of nitrogens with one attached hydrogen (secondary N) is 1. The van der Waals surface area contributed by atoms with E-state index in [1.165, 1.54) is 141 Å². The summed E-state index contributed by atoms with van der Waals surface area (Å²) in [5, 5.41) is 23.1. The van der Waals surface area contributed by atoms with Gasteiger partial charge >= 0.3 is 0 Å². The molecule has 4 nitrogen and oxygen atoms in total. The van der Waals surface area contributed by atoms with Crippen molar-refractivity contribution in [3.63, 3.8) is 0 Å². The number of hydrogen-bond donors (Lipinski definition) is 3. The highest BCUT2D eigenvalue weighted by Gasteiger charge is 2.17. The van der Waals surface area contributed by atoms with Crippen LogP contribution in [0.3, 0.4) is 0 Å². The Morgan fingerprint density at radius 3 is 1.08 bits per heavy atom. The lowest BCUT2D eigenvalue weighted by molar-refractivity contribution is -0.123. The Morgan fingerprint density at radius 1 is 0.385 bits per heavy atom. The predicted molar refractivity (Wildman–Crippen MR) is 289 cm³/mol. The van der Waals surface area contributed by atoms with E-state index in [9.17, 15) is 15.0 Å². The van der Waals surface area contributed by atoms with Crippen LogP contribution in [0, 0.1) is 0 Å². The van der Waals surface area contributed by atoms with E-state index in [-0.39, 0.29) is 12.5 Å². The van der Waals surface area contributed by atoms with E-state index in [4.69, 9.17) is 0 Å². The minimum atomic E-state index is -0.876. The van der Waals surface area contributed by atoms with E-state index in [1.54, 1.807) is 6.08 Å². The summed E-state index contributed by atoms with van der Waals surface area (Å²) in [5.74, 6) is -0.0881. The number of carbonyl (C=O) groups excluding carboxylic acids is 1. The average Bonchev–Trinajstić information content (AvgIpc) is 3.31. The molecule has 3 N–H and O–H groups in total. The third kappa shape index (κ3) is 51.9. The molecule has 4 heteroatoms. The molecule has 0 aromatic heterocycles. The standard InChI is InChI=1S/C61H105NO3/c1-3-5-7-9-11-13-15-17-19-21-23-25-27-29-30-31-32-33-35-37-39-41-43-45-47-49-51-53-55-57-61(65)62-59(58-63)60(64)56-54-52-50-48-46-44-42-40-38-36-34-28-26-24-22-20-18-16-14-12-10-8-6-4-2/h5,7,11,13,17,19,23,25,29-30,32-33,37,39,46,48,54,56,59-60,63-64H,3-4,6,8-10,12,14-16,18,20-22,24,26-28,31,34-36,38,40-45,47,49-53,55,57-58H2,1-2H3,(H,62,65)/b7-5-,13-11-,19-17-,25-23-,30-29-,33-32-,39-37-,48-46+,56-54+. The summed E-state index contributed by atoms with van der Waals surface area (Å²) in [6.07, 6.45) is 83.8. The van der Waals surface area contributed by atoms with Crippen molar-refractivity contribution in [1.82, 2.24) is 5.32 Å². The van der Waals surface area contributed by atoms with Crippen LogP contribution in [-0.2, 0) is 4.79 Å². The SMILES string of the molecule is CC/C=C\C/C=C\C/C=C\C/C=C\C/C=C\C/C=C\C/C=C\CCCCCCCCCC(=O)NC(CO)C(O)/C=C/CC/C=C/CCCCCCCCCCCCCCCCCCCC. The minimum absolute atomic E-state index is 0.0881. The number of aliphatic hydroxyl groups is 2. The molecule has 0 radical (unpaired) electrons. The summed E-state index contributed by atoms with van der Waals surface area (Å²) in [6, 6.07) is -0.654. The molecule has 0 aromatic carbocycles. The van der Waals surface area contributed by atoms with Crippen molar-refractivity contribution in [2.45, 2.75) is 264 Å². The first-order valence-electron chi connectivity index (χ1n) is 27.6. The van der Waals surface area contributed by atoms with Crippen molar-refractivity contribution >= 4 is 5.91 Å². The lowest BCUT2D eigenvalue weighted by Gasteiger charge is -2.19. The van der Waals surface area contributed by atoms with Gasteiger partial charge in [0.1, 0.15) is 0 Å². The Bertz CT molecular complexity index is 1250. The lowest BCUT2D eigenvalue weighted by Crippen LogP contribution is -2.45. The maximum Gasteiger partial charge on any atom is 0.220 e. The topological polar surface area (TPSA) is 69.6 Å². The first-order valence-corrected chi connectivity index (χ1v) is 27.6. The number of unbranched alkanes of at least 4 members (excludes halogenated alkanes) is 26. The molecule has 0 bridgehead atoms. The molecule has 0 aliphatic carbocycles. The summed E-state index contributed by atoms with van der Waals surface area (Å²) >= 11 is 0. The number of allylic oxidation sites excluding steroid dienone is 17. The van der Waals surface area contributed by atoms with Gasteiger partial charge in [-0.15, -0.1) is 0 Å². The van der Waals surface area contributed by atoms with Crippen LogP contribution in [0.1, 0.15) is 251 Å². The van der Waals surface area contributed by atoms with Crippen molar-refractivity contribution in [3.05, 3.63) is 109 Å². The average molecular weight is 901 g/mol. The maximum atomic E-state index is 12.5. The van der Waals surface area contributed by atoms with Crippen molar-refractivity contribution in [3.8, 4) is 0 Å². The van der Waals surface area contributed by atoms with Crippen LogP contribution in [0.4, 0.5) is 0 Å². The van der Waals surface area contributed by atoms with Crippen molar-refractivity contribution in [2.24, 2.45) is 0 Å². The Balaban J connectivity index is 3.64. The zero-order chi connectivity index (χ0) is 47.0. The largest absolute Gasteiger partial charge is 0.394 e. The number of aliphatic hydroxyl groups excluding tert-OH is 2. The Labute approximate surface area is 404 Å². The summed E-state index contributed by atoms with van der Waals surface area (Å²) < 4.78 is 0. The Kier molecular flexibility index (Phi) is 52.9. The molecule has 2 unspecified atom stereocenters. The lowest BCUT2D eigenvalue weighted by atomic mass is 10.0. The number of hydrogen-bond acceptors (Lipinski definition) is 3. The van der Waals surface area contributed by atoms with Crippen LogP contribution in [-0.4, -0.2) is 34.9 Å². The molecule has 0 heterocycles. The second kappa shape index (κ2) is 55.4. The molecule has 0 spiro atoms. The molecule has 0 aliphatic rings. The van der Waals surface area contributed by atoms with Gasteiger partial charge in [-0.1, -0.05) is 264 Å². The first kappa shape index (κ1) is 62.1. The molecule has 0 saturated carbocycles. The highest BCUT2D eigenvalue weighted by Crippen LogP contribution is 2.15. The first-order chi connectivity index (χ1) is 32.2. The molecule has 65 heavy (non-hydrogen) atoms. The molecule has 0 saturated heterocycles. The normalized spacial score (nSPS) is 13.7. The molecule has 0 fully saturated rings. The highest BCUT2D eigenvalue weighted by atomic mass is 16.3. The van der Waals surface area contributed by atoms with E-state index >= 15 is 0 Å². The van der Waals surface area contributed by atoms with Gasteiger partial charge in [0, 0.05) is 6.42 Å². The molecule has 0 aromatic rings. The fourth-order valence-corrected chi connectivity index (χ4v) is 7.82. The summed E-state index contributed by atoms with van der Waals surface area (Å²) in [6.45, 7) is 4.19. The second-order valence-electron chi connectivity index (χ2n) is 18.3. The van der Waals surface area contributed by atoms with E-state index < -0.39 is 12.1 Å². The molecule has 372 valence electrons. The van der Waals surface area contributed by atoms with Crippen molar-refractivity contribution in [2.75, 3.05) is 6.61 Å². The molecule has 0 rings (SSSR count). The van der Waals surface area contributed by atoms with Gasteiger partial charge in [0.05, 0.1) is 18.8 Å². The van der Waals surface area contributed by atoms with Crippen LogP contribution in [0.15, 0.2) is 109 Å². The summed E-state index contributed by atoms with van der Waals surface area (Å²) in [7, 11) is 0. The van der Waals surface area contributed by atoms with E-state index in [2.05, 4.69) is 116 Å². The smallest absolute Gasteiger partial charge is 0.220 e. The zero-order valence-corrected chi connectivity index (χ0v) is 42.7. The monoisotopic (exact) mass is 900 g/mol. The van der Waals surface area contributed by atoms with Gasteiger partial charge in [-0.2, -0.15) is 0 Å². The molecule has 1 amide bonds. The molecule has 2 atom stereocenters. The second-order valence-corrected chi connectivity index (χ2v) is 18.3. The molecule has 0 aliphatic heterocycles. The van der Waals surface area contributed by atoms with Crippen LogP contribution in [0.25, 0.3) is 0 Å². The fraction of sp³-hybridized carbons (Fsp3) is 0.689. The minimum Gasteiger partial charge on any atom is -0.394 e. The summed E-state index contributed by atoms with van der Waals surface area (Å²) in [5.41, 5.74) is 0. The molecular formula is C61H105NO3. The van der Waals surface area contributed by atoms with Crippen LogP contribution < -0.4 is 5.32 Å². The van der Waals surface area contributed by atoms with Gasteiger partial charge in [0.15, 0.2) is 0 Å². The van der Waals surface area contributed by atoms with E-state index in [1.807, 2.05) is 6.08 Å². The Hall–Kier alpha value is -2.95. The van der Waals surface area contributed by atoms with Gasteiger partial charge in [0.25, 0.3) is 0 Å². The summed E-state index contributed by atoms with van der Waals surface area (Å²) in [4.78, 5) is 12.5. The fourth-order valence-electron chi connectivity index (χ4n) is 7.82. The third-order valence-corrected chi connectivity index (χ3v) is 12.0. The van der Waals surface area contributed by atoms with Crippen LogP contribution in [0.5, 0.6) is 0 Å². The van der Waals surface area contributed by atoms with E-state index in [0.717, 1.165) is 89.9 Å². The van der Waals surface area contributed by atoms with Gasteiger partial charge < -0.3 is 15.5 Å². The zero-order valence-electron chi connectivity index (χ0n) is 42.7. The van der Waals surface area contributed by atoms with Crippen LogP contribution >= 0.6 is 0 Å².